The highest BCUT2D eigenvalue weighted by molar-refractivity contribution is 8.00. The molecular weight excluding hydrogens is 203 g/mol. The fourth-order valence-corrected chi connectivity index (χ4v) is 1.43. The second kappa shape index (κ2) is 4.04. The van der Waals surface area contributed by atoms with E-state index in [0.29, 0.717) is 16.7 Å². The van der Waals surface area contributed by atoms with Crippen molar-refractivity contribution in [3.63, 3.8) is 0 Å². The minimum atomic E-state index is -4.77. The van der Waals surface area contributed by atoms with E-state index >= 15 is 0 Å². The molecule has 0 radical (unpaired) electrons. The Kier molecular flexibility index (Phi) is 3.25. The fourth-order valence-electron chi connectivity index (χ4n) is 0.722. The molecule has 0 aliphatic heterocycles. The van der Waals surface area contributed by atoms with Gasteiger partial charge < -0.3 is 12.9 Å². The maximum absolute atomic E-state index is 12.3. The van der Waals surface area contributed by atoms with Crippen molar-refractivity contribution in [2.24, 2.45) is 0 Å². The van der Waals surface area contributed by atoms with Gasteiger partial charge in [-0.05, 0) is 29.9 Å². The van der Waals surface area contributed by atoms with Gasteiger partial charge >= 0.3 is 6.98 Å². The van der Waals surface area contributed by atoms with Gasteiger partial charge in [-0.2, -0.15) is 11.8 Å². The van der Waals surface area contributed by atoms with Crippen LogP contribution < -0.4 is 0 Å². The average Bonchev–Trinajstić information content (AvgIpc) is 2.02. The lowest BCUT2D eigenvalue weighted by atomic mass is 9.98. The zero-order valence-corrected chi connectivity index (χ0v) is 7.33. The predicted octanol–water partition coefficient (Wildman–Crippen LogP) is 3.30. The normalized spacial score (nSPS) is 11.7. The third-order valence-electron chi connectivity index (χ3n) is 1.25. The minimum absolute atomic E-state index is 0.431. The van der Waals surface area contributed by atoms with Gasteiger partial charge in [-0.1, -0.05) is 0 Å². The summed E-state index contributed by atoms with van der Waals surface area (Å²) in [7, 11) is 0. The van der Waals surface area contributed by atoms with Crippen molar-refractivity contribution in [1.29, 1.82) is 0 Å². The summed E-state index contributed by atoms with van der Waals surface area (Å²) >= 11 is 0.672. The van der Waals surface area contributed by atoms with E-state index in [1.54, 1.807) is 0 Å². The molecule has 0 aromatic heterocycles. The quantitative estimate of drug-likeness (QED) is 0.418. The van der Waals surface area contributed by atoms with Crippen molar-refractivity contribution >= 4 is 18.7 Å². The molecule has 0 fully saturated rings. The Labute approximate surface area is 77.4 Å². The van der Waals surface area contributed by atoms with Crippen molar-refractivity contribution in [1.82, 2.24) is 0 Å². The van der Waals surface area contributed by atoms with Crippen LogP contribution in [0.5, 0.6) is 0 Å². The van der Waals surface area contributed by atoms with Crippen LogP contribution >= 0.6 is 11.8 Å². The molecule has 1 aromatic carbocycles. The van der Waals surface area contributed by atoms with Crippen molar-refractivity contribution in [3.05, 3.63) is 30.1 Å². The maximum atomic E-state index is 12.3. The molecular formula is C7H6BF4S-. The van der Waals surface area contributed by atoms with Gasteiger partial charge in [0.1, 0.15) is 5.82 Å². The first kappa shape index (κ1) is 10.4. The number of halogens is 4. The molecule has 0 N–H and O–H groups in total. The highest BCUT2D eigenvalue weighted by Gasteiger charge is 2.22. The summed E-state index contributed by atoms with van der Waals surface area (Å²) in [6, 6.07) is 4.96. The lowest BCUT2D eigenvalue weighted by Gasteiger charge is -2.12. The molecule has 0 saturated carbocycles. The van der Waals surface area contributed by atoms with Crippen molar-refractivity contribution in [2.45, 2.75) is 4.90 Å². The van der Waals surface area contributed by atoms with Gasteiger partial charge in [0, 0.05) is 4.90 Å². The Morgan fingerprint density at radius 2 is 1.62 bits per heavy atom. The zero-order valence-electron chi connectivity index (χ0n) is 6.51. The van der Waals surface area contributed by atoms with Crippen LogP contribution in [0.4, 0.5) is 17.3 Å². The standard InChI is InChI=1S/C7H6BF4S/c9-6-1-3-7(4-2-6)13-5-8(10,11)12/h1-4H,5H2/q-1. The summed E-state index contributed by atoms with van der Waals surface area (Å²) < 4.78 is 47.7. The first-order valence-electron chi connectivity index (χ1n) is 3.57. The summed E-state index contributed by atoms with van der Waals surface area (Å²) in [5, 5.41) is 0. The van der Waals surface area contributed by atoms with Crippen LogP contribution in [0, 0.1) is 5.82 Å². The molecule has 0 saturated heterocycles. The van der Waals surface area contributed by atoms with E-state index in [4.69, 9.17) is 0 Å². The van der Waals surface area contributed by atoms with Gasteiger partial charge in [0.25, 0.3) is 0 Å². The van der Waals surface area contributed by atoms with E-state index in [1.807, 2.05) is 0 Å². The van der Waals surface area contributed by atoms with Crippen LogP contribution in [0.1, 0.15) is 0 Å². The molecule has 0 atom stereocenters. The van der Waals surface area contributed by atoms with Gasteiger partial charge in [0.2, 0.25) is 0 Å². The number of hydrogen-bond donors (Lipinski definition) is 0. The topological polar surface area (TPSA) is 0 Å². The molecule has 72 valence electrons. The van der Waals surface area contributed by atoms with Crippen LogP contribution in [0.15, 0.2) is 29.2 Å². The van der Waals surface area contributed by atoms with E-state index < -0.39 is 18.4 Å². The SMILES string of the molecule is Fc1ccc(SC[B-](F)(F)F)cc1. The Morgan fingerprint density at radius 3 is 2.08 bits per heavy atom. The average molecular weight is 209 g/mol. The van der Waals surface area contributed by atoms with E-state index in [2.05, 4.69) is 0 Å². The number of benzene rings is 1. The molecule has 0 nitrogen and oxygen atoms in total. The summed E-state index contributed by atoms with van der Waals surface area (Å²) in [5.41, 5.74) is -0.883. The lowest BCUT2D eigenvalue weighted by molar-refractivity contribution is 0.485. The highest BCUT2D eigenvalue weighted by Crippen LogP contribution is 2.23. The fraction of sp³-hybridized carbons (Fsp3) is 0.143. The van der Waals surface area contributed by atoms with E-state index in [-0.39, 0.29) is 0 Å². The zero-order chi connectivity index (χ0) is 9.90. The Hall–Kier alpha value is -0.645. The number of hydrogen-bond acceptors (Lipinski definition) is 1. The van der Waals surface area contributed by atoms with Gasteiger partial charge in [-0.15, -0.1) is 0 Å². The van der Waals surface area contributed by atoms with Crippen LogP contribution in [-0.2, 0) is 0 Å². The molecule has 0 spiro atoms. The Bertz CT molecular complexity index is 269. The van der Waals surface area contributed by atoms with Crippen LogP contribution in [0.25, 0.3) is 0 Å². The first-order valence-corrected chi connectivity index (χ1v) is 4.55. The Morgan fingerprint density at radius 1 is 1.08 bits per heavy atom. The van der Waals surface area contributed by atoms with E-state index in [1.165, 1.54) is 12.1 Å². The smallest absolute Gasteiger partial charge is 0.448 e. The molecule has 6 heteroatoms. The largest absolute Gasteiger partial charge is 0.488 e. The van der Waals surface area contributed by atoms with Gasteiger partial charge in [-0.25, -0.2) is 4.39 Å². The summed E-state index contributed by atoms with van der Waals surface area (Å²) in [5.74, 6) is -0.443. The molecule has 0 unspecified atom stereocenters. The second-order valence-electron chi connectivity index (χ2n) is 2.48. The molecule has 0 heterocycles. The lowest BCUT2D eigenvalue weighted by Crippen LogP contribution is -2.18. The van der Waals surface area contributed by atoms with Crippen LogP contribution in [0.2, 0.25) is 0 Å². The number of thioether (sulfide) groups is 1. The highest BCUT2D eigenvalue weighted by atomic mass is 32.2. The third-order valence-corrected chi connectivity index (χ3v) is 2.40. The maximum Gasteiger partial charge on any atom is 0.488 e. The molecule has 0 aliphatic carbocycles. The summed E-state index contributed by atoms with van der Waals surface area (Å²) in [6.45, 7) is -4.77. The summed E-state index contributed by atoms with van der Waals surface area (Å²) in [6.07, 6.45) is 0. The first-order chi connectivity index (χ1) is 5.97. The van der Waals surface area contributed by atoms with Crippen molar-refractivity contribution in [3.8, 4) is 0 Å². The Balaban J connectivity index is 2.51. The van der Waals surface area contributed by atoms with Gasteiger partial charge in [0.05, 0.1) is 0 Å². The molecule has 0 aliphatic rings. The van der Waals surface area contributed by atoms with E-state index in [9.17, 15) is 17.3 Å². The van der Waals surface area contributed by atoms with Gasteiger partial charge in [-0.3, -0.25) is 0 Å². The number of rotatable bonds is 3. The van der Waals surface area contributed by atoms with Crippen LogP contribution in [-0.4, -0.2) is 12.6 Å². The third kappa shape index (κ3) is 4.21. The molecule has 1 aromatic rings. The second-order valence-corrected chi connectivity index (χ2v) is 3.57. The van der Waals surface area contributed by atoms with Crippen LogP contribution in [0.3, 0.4) is 0 Å². The minimum Gasteiger partial charge on any atom is -0.448 e. The molecule has 1 rings (SSSR count). The molecule has 13 heavy (non-hydrogen) atoms. The molecule has 0 bridgehead atoms. The van der Waals surface area contributed by atoms with E-state index in [0.717, 1.165) is 12.1 Å². The predicted molar refractivity (Wildman–Crippen MR) is 46.2 cm³/mol. The molecule has 0 amide bonds. The monoisotopic (exact) mass is 209 g/mol. The van der Waals surface area contributed by atoms with Crippen molar-refractivity contribution in [2.75, 3.05) is 5.65 Å². The van der Waals surface area contributed by atoms with Gasteiger partial charge in [0.15, 0.2) is 0 Å². The van der Waals surface area contributed by atoms with Crippen molar-refractivity contribution < 1.29 is 17.3 Å². The summed E-state index contributed by atoms with van der Waals surface area (Å²) in [4.78, 5) is 0.431.